The maximum Gasteiger partial charge on any atom is 0.125 e. The highest BCUT2D eigenvalue weighted by atomic mass is 16.3. The SMILES string of the molecule is c1ccc(C(c2ccco2)N2CC3CNCC3C2)cc1. The van der Waals surface area contributed by atoms with E-state index in [1.54, 1.807) is 6.26 Å². The first kappa shape index (κ1) is 12.2. The molecule has 1 aromatic carbocycles. The first-order valence-electron chi connectivity index (χ1n) is 7.45. The Kier molecular flexibility index (Phi) is 3.09. The van der Waals surface area contributed by atoms with Crippen LogP contribution in [0, 0.1) is 11.8 Å². The van der Waals surface area contributed by atoms with Crippen LogP contribution in [0.2, 0.25) is 0 Å². The van der Waals surface area contributed by atoms with Gasteiger partial charge in [-0.15, -0.1) is 0 Å². The number of fused-ring (bicyclic) bond motifs is 1. The number of benzene rings is 1. The summed E-state index contributed by atoms with van der Waals surface area (Å²) in [6, 6.07) is 15.1. The Balaban J connectivity index is 1.66. The van der Waals surface area contributed by atoms with Gasteiger partial charge < -0.3 is 9.73 Å². The van der Waals surface area contributed by atoms with Gasteiger partial charge in [0, 0.05) is 13.1 Å². The minimum atomic E-state index is 0.261. The van der Waals surface area contributed by atoms with Crippen LogP contribution in [-0.4, -0.2) is 31.1 Å². The van der Waals surface area contributed by atoms with Crippen molar-refractivity contribution in [1.82, 2.24) is 10.2 Å². The van der Waals surface area contributed by atoms with Gasteiger partial charge in [-0.2, -0.15) is 0 Å². The third-order valence-corrected chi connectivity index (χ3v) is 4.71. The van der Waals surface area contributed by atoms with Gasteiger partial charge in [0.25, 0.3) is 0 Å². The van der Waals surface area contributed by atoms with Crippen molar-refractivity contribution < 1.29 is 4.42 Å². The lowest BCUT2D eigenvalue weighted by Crippen LogP contribution is -2.30. The fourth-order valence-corrected chi connectivity index (χ4v) is 3.74. The highest BCUT2D eigenvalue weighted by Gasteiger charge is 2.40. The van der Waals surface area contributed by atoms with E-state index in [1.165, 1.54) is 18.7 Å². The van der Waals surface area contributed by atoms with Crippen molar-refractivity contribution in [3.05, 3.63) is 60.1 Å². The number of hydrogen-bond donors (Lipinski definition) is 1. The number of rotatable bonds is 3. The van der Waals surface area contributed by atoms with Crippen LogP contribution in [0.25, 0.3) is 0 Å². The molecule has 2 saturated heterocycles. The molecule has 104 valence electrons. The van der Waals surface area contributed by atoms with E-state index in [-0.39, 0.29) is 6.04 Å². The molecule has 0 bridgehead atoms. The summed E-state index contributed by atoms with van der Waals surface area (Å²) in [6.45, 7) is 4.66. The van der Waals surface area contributed by atoms with E-state index in [2.05, 4.69) is 46.6 Å². The second-order valence-corrected chi connectivity index (χ2v) is 5.96. The molecule has 3 unspecified atom stereocenters. The van der Waals surface area contributed by atoms with Crippen LogP contribution in [0.1, 0.15) is 17.4 Å². The summed E-state index contributed by atoms with van der Waals surface area (Å²) in [7, 11) is 0. The summed E-state index contributed by atoms with van der Waals surface area (Å²) in [6.07, 6.45) is 1.78. The van der Waals surface area contributed by atoms with Gasteiger partial charge in [-0.05, 0) is 42.6 Å². The van der Waals surface area contributed by atoms with E-state index >= 15 is 0 Å². The maximum absolute atomic E-state index is 5.73. The van der Waals surface area contributed by atoms with E-state index in [9.17, 15) is 0 Å². The Morgan fingerprint density at radius 1 is 1.00 bits per heavy atom. The molecule has 3 atom stereocenters. The summed E-state index contributed by atoms with van der Waals surface area (Å²) < 4.78 is 5.73. The fourth-order valence-electron chi connectivity index (χ4n) is 3.74. The first-order chi connectivity index (χ1) is 9.92. The molecule has 2 aliphatic rings. The van der Waals surface area contributed by atoms with Crippen LogP contribution < -0.4 is 5.32 Å². The Bertz CT molecular complexity index is 540. The smallest absolute Gasteiger partial charge is 0.125 e. The molecule has 3 nitrogen and oxygen atoms in total. The number of likely N-dealkylation sites (tertiary alicyclic amines) is 1. The van der Waals surface area contributed by atoms with E-state index < -0.39 is 0 Å². The van der Waals surface area contributed by atoms with Gasteiger partial charge in [-0.1, -0.05) is 30.3 Å². The molecule has 2 aliphatic heterocycles. The third-order valence-electron chi connectivity index (χ3n) is 4.71. The van der Waals surface area contributed by atoms with E-state index in [4.69, 9.17) is 4.42 Å². The van der Waals surface area contributed by atoms with Crippen LogP contribution >= 0.6 is 0 Å². The van der Waals surface area contributed by atoms with Crippen LogP contribution in [0.5, 0.6) is 0 Å². The van der Waals surface area contributed by atoms with Gasteiger partial charge in [0.1, 0.15) is 5.76 Å². The molecule has 3 heteroatoms. The lowest BCUT2D eigenvalue weighted by Gasteiger charge is -2.27. The standard InChI is InChI=1S/C17H20N2O/c1-2-5-13(6-3-1)17(16-7-4-8-20-16)19-11-14-9-18-10-15(14)12-19/h1-8,14-15,17-18H,9-12H2. The zero-order chi connectivity index (χ0) is 13.4. The van der Waals surface area contributed by atoms with Crippen molar-refractivity contribution in [2.75, 3.05) is 26.2 Å². The summed E-state index contributed by atoms with van der Waals surface area (Å²) in [5.41, 5.74) is 1.33. The molecular formula is C17H20N2O. The Hall–Kier alpha value is -1.58. The fraction of sp³-hybridized carbons (Fsp3) is 0.412. The molecular weight excluding hydrogens is 248 g/mol. The molecule has 0 radical (unpaired) electrons. The molecule has 0 amide bonds. The minimum Gasteiger partial charge on any atom is -0.467 e. The number of furan rings is 1. The molecule has 0 aliphatic carbocycles. The molecule has 3 heterocycles. The minimum absolute atomic E-state index is 0.261. The lowest BCUT2D eigenvalue weighted by molar-refractivity contribution is 0.232. The predicted molar refractivity (Wildman–Crippen MR) is 78.4 cm³/mol. The Morgan fingerprint density at radius 3 is 2.40 bits per heavy atom. The summed E-state index contributed by atoms with van der Waals surface area (Å²) in [4.78, 5) is 2.59. The molecule has 1 aromatic heterocycles. The number of hydrogen-bond acceptors (Lipinski definition) is 3. The van der Waals surface area contributed by atoms with Crippen molar-refractivity contribution in [2.45, 2.75) is 6.04 Å². The van der Waals surface area contributed by atoms with Crippen LogP contribution in [0.15, 0.2) is 53.1 Å². The zero-order valence-electron chi connectivity index (χ0n) is 11.5. The second kappa shape index (κ2) is 5.08. The Morgan fingerprint density at radius 2 is 1.75 bits per heavy atom. The molecule has 0 spiro atoms. The van der Waals surface area contributed by atoms with Crippen molar-refractivity contribution in [2.24, 2.45) is 11.8 Å². The molecule has 0 saturated carbocycles. The van der Waals surface area contributed by atoms with Crippen molar-refractivity contribution in [3.8, 4) is 0 Å². The van der Waals surface area contributed by atoms with Gasteiger partial charge in [-0.3, -0.25) is 4.90 Å². The van der Waals surface area contributed by atoms with Crippen LogP contribution in [0.3, 0.4) is 0 Å². The molecule has 2 aromatic rings. The highest BCUT2D eigenvalue weighted by molar-refractivity contribution is 5.27. The lowest BCUT2D eigenvalue weighted by atomic mass is 10.0. The topological polar surface area (TPSA) is 28.4 Å². The number of nitrogens with one attached hydrogen (secondary N) is 1. The van der Waals surface area contributed by atoms with Gasteiger partial charge >= 0.3 is 0 Å². The van der Waals surface area contributed by atoms with E-state index in [1.807, 2.05) is 6.07 Å². The van der Waals surface area contributed by atoms with Crippen LogP contribution in [-0.2, 0) is 0 Å². The van der Waals surface area contributed by atoms with Crippen molar-refractivity contribution >= 4 is 0 Å². The molecule has 1 N–H and O–H groups in total. The van der Waals surface area contributed by atoms with Gasteiger partial charge in [0.15, 0.2) is 0 Å². The molecule has 4 rings (SSSR count). The average Bonchev–Trinajstić information content (AvgIpc) is 3.16. The third kappa shape index (κ3) is 2.07. The summed E-state index contributed by atoms with van der Waals surface area (Å²) in [5, 5.41) is 3.51. The molecule has 20 heavy (non-hydrogen) atoms. The largest absolute Gasteiger partial charge is 0.467 e. The normalized spacial score (nSPS) is 27.6. The monoisotopic (exact) mass is 268 g/mol. The van der Waals surface area contributed by atoms with Gasteiger partial charge in [0.05, 0.1) is 12.3 Å². The Labute approximate surface area is 119 Å². The zero-order valence-corrected chi connectivity index (χ0v) is 11.5. The summed E-state index contributed by atoms with van der Waals surface area (Å²) in [5.74, 6) is 2.66. The number of nitrogens with zero attached hydrogens (tertiary/aromatic N) is 1. The summed E-state index contributed by atoms with van der Waals surface area (Å²) >= 11 is 0. The quantitative estimate of drug-likeness (QED) is 0.927. The highest BCUT2D eigenvalue weighted by Crippen LogP contribution is 2.36. The van der Waals surface area contributed by atoms with Crippen LogP contribution in [0.4, 0.5) is 0 Å². The first-order valence-corrected chi connectivity index (χ1v) is 7.45. The van der Waals surface area contributed by atoms with Gasteiger partial charge in [0.2, 0.25) is 0 Å². The van der Waals surface area contributed by atoms with E-state index in [0.29, 0.717) is 0 Å². The average molecular weight is 268 g/mol. The molecule has 2 fully saturated rings. The maximum atomic E-state index is 5.73. The van der Waals surface area contributed by atoms with E-state index in [0.717, 1.165) is 30.7 Å². The van der Waals surface area contributed by atoms with Crippen molar-refractivity contribution in [1.29, 1.82) is 0 Å². The predicted octanol–water partition coefficient (Wildman–Crippen LogP) is 2.52. The van der Waals surface area contributed by atoms with Gasteiger partial charge in [-0.25, -0.2) is 0 Å². The second-order valence-electron chi connectivity index (χ2n) is 5.96. The van der Waals surface area contributed by atoms with Crippen molar-refractivity contribution in [3.63, 3.8) is 0 Å².